The van der Waals surface area contributed by atoms with Crippen LogP contribution in [0.3, 0.4) is 0 Å². The maximum atomic E-state index is 5.94. The average molecular weight is 284 g/mol. The molecule has 0 radical (unpaired) electrons. The van der Waals surface area contributed by atoms with Crippen LogP contribution in [0.5, 0.6) is 0 Å². The maximum absolute atomic E-state index is 5.94. The second-order valence-corrected chi connectivity index (χ2v) is 6.24. The number of hydrogen-bond donors (Lipinski definition) is 0. The van der Waals surface area contributed by atoms with E-state index in [-0.39, 0.29) is 0 Å². The van der Waals surface area contributed by atoms with Crippen LogP contribution in [0.2, 0.25) is 0 Å². The predicted octanol–water partition coefficient (Wildman–Crippen LogP) is 4.62. The summed E-state index contributed by atoms with van der Waals surface area (Å²) in [5, 5.41) is 0. The molecule has 0 spiro atoms. The van der Waals surface area contributed by atoms with Gasteiger partial charge in [-0.25, -0.2) is 4.99 Å². The summed E-state index contributed by atoms with van der Waals surface area (Å²) in [5.41, 5.74) is 4.54. The van der Waals surface area contributed by atoms with Crippen molar-refractivity contribution in [3.05, 3.63) is 36.0 Å². The summed E-state index contributed by atoms with van der Waals surface area (Å²) in [7, 11) is 0. The minimum atomic E-state index is 0.537. The van der Waals surface area contributed by atoms with Gasteiger partial charge in [0.25, 0.3) is 0 Å². The quantitative estimate of drug-likeness (QED) is 0.809. The highest BCUT2D eigenvalue weighted by Crippen LogP contribution is 2.45. The van der Waals surface area contributed by atoms with Crippen LogP contribution in [0.1, 0.15) is 45.1 Å². The molecule has 112 valence electrons. The molecular weight excluding hydrogens is 260 g/mol. The molecule has 2 heterocycles. The average Bonchev–Trinajstić information content (AvgIpc) is 2.50. The second kappa shape index (κ2) is 5.55. The molecule has 21 heavy (non-hydrogen) atoms. The zero-order valence-electron chi connectivity index (χ0n) is 13.2. The predicted molar refractivity (Wildman–Crippen MR) is 88.5 cm³/mol. The van der Waals surface area contributed by atoms with Gasteiger partial charge in [0.2, 0.25) is 5.90 Å². The molecule has 0 amide bonds. The summed E-state index contributed by atoms with van der Waals surface area (Å²) < 4.78 is 5.94. The fourth-order valence-corrected chi connectivity index (χ4v) is 2.93. The summed E-state index contributed by atoms with van der Waals surface area (Å²) in [6, 6.07) is 6.38. The molecule has 1 aromatic carbocycles. The van der Waals surface area contributed by atoms with Gasteiger partial charge in [-0.05, 0) is 29.9 Å². The lowest BCUT2D eigenvalue weighted by Crippen LogP contribution is -2.36. The van der Waals surface area contributed by atoms with E-state index in [1.807, 2.05) is 0 Å². The molecule has 1 aromatic rings. The minimum Gasteiger partial charge on any atom is -0.476 e. The summed E-state index contributed by atoms with van der Waals surface area (Å²) in [5.74, 6) is 1.81. The number of nitrogens with zero attached hydrogens (tertiary/aromatic N) is 2. The van der Waals surface area contributed by atoms with Gasteiger partial charge in [-0.2, -0.15) is 0 Å². The van der Waals surface area contributed by atoms with Crippen LogP contribution in [0.15, 0.2) is 35.5 Å². The van der Waals surface area contributed by atoms with Gasteiger partial charge in [-0.1, -0.05) is 45.9 Å². The number of ether oxygens (including phenoxy) is 1. The Morgan fingerprint density at radius 2 is 2.29 bits per heavy atom. The van der Waals surface area contributed by atoms with E-state index in [1.54, 1.807) is 0 Å². The van der Waals surface area contributed by atoms with Crippen molar-refractivity contribution in [2.45, 2.75) is 39.5 Å². The van der Waals surface area contributed by atoms with E-state index in [0.29, 0.717) is 24.3 Å². The molecule has 2 aliphatic heterocycles. The molecule has 3 rings (SSSR count). The van der Waals surface area contributed by atoms with Gasteiger partial charge >= 0.3 is 0 Å². The van der Waals surface area contributed by atoms with E-state index in [2.05, 4.69) is 50.4 Å². The Labute approximate surface area is 127 Å². The van der Waals surface area contributed by atoms with Crippen LogP contribution in [-0.4, -0.2) is 19.0 Å². The molecule has 0 saturated heterocycles. The third-order valence-electron chi connectivity index (χ3n) is 4.63. The molecule has 2 unspecified atom stereocenters. The van der Waals surface area contributed by atoms with Crippen molar-refractivity contribution in [1.82, 2.24) is 0 Å². The van der Waals surface area contributed by atoms with Crippen LogP contribution < -0.4 is 4.90 Å². The van der Waals surface area contributed by atoms with Crippen molar-refractivity contribution in [2.75, 3.05) is 18.1 Å². The van der Waals surface area contributed by atoms with Crippen molar-refractivity contribution in [3.63, 3.8) is 0 Å². The Hall–Kier alpha value is -1.77. The van der Waals surface area contributed by atoms with Crippen molar-refractivity contribution < 1.29 is 4.74 Å². The van der Waals surface area contributed by atoms with E-state index in [4.69, 9.17) is 9.73 Å². The fraction of sp³-hybridized carbons (Fsp3) is 0.500. The smallest absolute Gasteiger partial charge is 0.237 e. The first-order valence-electron chi connectivity index (χ1n) is 7.93. The number of anilines is 1. The lowest BCUT2D eigenvalue weighted by molar-refractivity contribution is 0.244. The lowest BCUT2D eigenvalue weighted by atomic mass is 9.90. The highest BCUT2D eigenvalue weighted by Gasteiger charge is 2.31. The maximum Gasteiger partial charge on any atom is 0.237 e. The van der Waals surface area contributed by atoms with Crippen molar-refractivity contribution in [1.29, 1.82) is 0 Å². The van der Waals surface area contributed by atoms with E-state index in [0.717, 1.165) is 30.8 Å². The molecule has 3 heteroatoms. The summed E-state index contributed by atoms with van der Waals surface area (Å²) in [6.07, 6.45) is 2.26. The van der Waals surface area contributed by atoms with Crippen molar-refractivity contribution >= 4 is 17.3 Å². The molecule has 0 aromatic heterocycles. The number of rotatable bonds is 3. The van der Waals surface area contributed by atoms with Gasteiger partial charge in [-0.15, -0.1) is 0 Å². The van der Waals surface area contributed by atoms with Gasteiger partial charge in [-0.3, -0.25) is 0 Å². The molecule has 2 aliphatic rings. The zero-order valence-corrected chi connectivity index (χ0v) is 13.2. The summed E-state index contributed by atoms with van der Waals surface area (Å²) in [4.78, 5) is 6.99. The third-order valence-corrected chi connectivity index (χ3v) is 4.63. The molecule has 0 fully saturated rings. The number of para-hydroxylation sites is 1. The molecule has 0 N–H and O–H groups in total. The second-order valence-electron chi connectivity index (χ2n) is 6.24. The van der Waals surface area contributed by atoms with Crippen LogP contribution in [0, 0.1) is 5.92 Å². The summed E-state index contributed by atoms with van der Waals surface area (Å²) >= 11 is 0. The van der Waals surface area contributed by atoms with Crippen LogP contribution in [-0.2, 0) is 4.74 Å². The van der Waals surface area contributed by atoms with Crippen LogP contribution in [0.4, 0.5) is 11.4 Å². The normalized spacial score (nSPS) is 21.7. The zero-order chi connectivity index (χ0) is 15.0. The lowest BCUT2D eigenvalue weighted by Gasteiger charge is -2.38. The fourth-order valence-electron chi connectivity index (χ4n) is 2.93. The van der Waals surface area contributed by atoms with E-state index in [9.17, 15) is 0 Å². The largest absolute Gasteiger partial charge is 0.476 e. The highest BCUT2D eigenvalue weighted by atomic mass is 16.5. The molecule has 3 nitrogen and oxygen atoms in total. The molecule has 0 bridgehead atoms. The van der Waals surface area contributed by atoms with E-state index in [1.165, 1.54) is 11.3 Å². The Morgan fingerprint density at radius 3 is 3.05 bits per heavy atom. The number of benzene rings is 1. The van der Waals surface area contributed by atoms with E-state index < -0.39 is 0 Å². The van der Waals surface area contributed by atoms with Crippen LogP contribution >= 0.6 is 0 Å². The van der Waals surface area contributed by atoms with Gasteiger partial charge in [0.1, 0.15) is 0 Å². The number of aliphatic imine (C=N–C) groups is 1. The van der Waals surface area contributed by atoms with Gasteiger partial charge in [0.15, 0.2) is 0 Å². The van der Waals surface area contributed by atoms with Gasteiger partial charge in [0.05, 0.1) is 23.7 Å². The monoisotopic (exact) mass is 284 g/mol. The van der Waals surface area contributed by atoms with Gasteiger partial charge < -0.3 is 9.64 Å². The first-order valence-corrected chi connectivity index (χ1v) is 7.93. The van der Waals surface area contributed by atoms with Crippen molar-refractivity contribution in [2.24, 2.45) is 10.9 Å². The topological polar surface area (TPSA) is 24.8 Å². The Morgan fingerprint density at radius 1 is 1.48 bits per heavy atom. The Balaban J connectivity index is 1.95. The first-order chi connectivity index (χ1) is 10.1. The van der Waals surface area contributed by atoms with Crippen molar-refractivity contribution in [3.8, 4) is 0 Å². The standard InChI is InChI=1S/C18H24N2O/c1-5-12(2)11-21-18-14(4)20-10-9-13(3)15-7-6-8-16(19-18)17(15)20/h6-8,12-13H,4-5,9-11H2,1-3H3. The van der Waals surface area contributed by atoms with E-state index >= 15 is 0 Å². The first kappa shape index (κ1) is 14.2. The minimum absolute atomic E-state index is 0.537. The highest BCUT2D eigenvalue weighted by molar-refractivity contribution is 6.03. The Bertz CT molecular complexity index is 591. The third kappa shape index (κ3) is 2.45. The summed E-state index contributed by atoms with van der Waals surface area (Å²) in [6.45, 7) is 12.6. The molecule has 0 saturated carbocycles. The Kier molecular flexibility index (Phi) is 3.75. The SMILES string of the molecule is C=C1C(OCC(C)CC)=Nc2cccc3c2N1CCC3C. The molecule has 2 atom stereocenters. The van der Waals surface area contributed by atoms with Gasteiger partial charge in [0, 0.05) is 6.54 Å². The molecular formula is C18H24N2O. The van der Waals surface area contributed by atoms with Crippen LogP contribution in [0.25, 0.3) is 0 Å². The number of hydrogen-bond acceptors (Lipinski definition) is 3. The molecule has 0 aliphatic carbocycles.